The zero-order valence-electron chi connectivity index (χ0n) is 20.6. The lowest BCUT2D eigenvalue weighted by atomic mass is 10.0. The van der Waals surface area contributed by atoms with Crippen LogP contribution in [-0.4, -0.2) is 43.6 Å². The quantitative estimate of drug-likeness (QED) is 0.645. The van der Waals surface area contributed by atoms with Crippen molar-refractivity contribution in [2.24, 2.45) is 5.92 Å². The molecule has 4 heterocycles. The topological polar surface area (TPSA) is 67.2 Å². The summed E-state index contributed by atoms with van der Waals surface area (Å²) in [5.41, 5.74) is 5.87. The van der Waals surface area contributed by atoms with Crippen LogP contribution >= 0.6 is 0 Å². The summed E-state index contributed by atoms with van der Waals surface area (Å²) in [5, 5.41) is 4.71. The lowest BCUT2D eigenvalue weighted by Crippen LogP contribution is -2.38. The molecule has 0 spiro atoms. The van der Waals surface area contributed by atoms with E-state index in [0.29, 0.717) is 12.3 Å². The first-order valence-corrected chi connectivity index (χ1v) is 12.2. The molecule has 174 valence electrons. The van der Waals surface area contributed by atoms with Gasteiger partial charge in [0.15, 0.2) is 0 Å². The van der Waals surface area contributed by atoms with E-state index in [2.05, 4.69) is 51.1 Å². The van der Waals surface area contributed by atoms with Gasteiger partial charge in [-0.3, -0.25) is 19.3 Å². The van der Waals surface area contributed by atoms with Crippen LogP contribution in [0.15, 0.2) is 0 Å². The van der Waals surface area contributed by atoms with Crippen LogP contribution in [0.2, 0.25) is 0 Å². The molecule has 0 radical (unpaired) electrons. The summed E-state index contributed by atoms with van der Waals surface area (Å²) >= 11 is 0. The molecule has 7 nitrogen and oxygen atoms in total. The third-order valence-electron chi connectivity index (χ3n) is 7.14. The second kappa shape index (κ2) is 9.30. The average Bonchev–Trinajstić information content (AvgIpc) is 3.32. The zero-order chi connectivity index (χ0) is 23.0. The van der Waals surface area contributed by atoms with E-state index >= 15 is 0 Å². The van der Waals surface area contributed by atoms with Gasteiger partial charge in [0, 0.05) is 48.6 Å². The number of likely N-dealkylation sites (tertiary alicyclic amines) is 1. The number of carbonyl (C=O) groups is 1. The first-order valence-electron chi connectivity index (χ1n) is 12.2. The number of nitrogens with zero attached hydrogens (tertiary/aromatic N) is 6. The molecule has 7 heteroatoms. The Labute approximate surface area is 192 Å². The Kier molecular flexibility index (Phi) is 6.65. The Balaban J connectivity index is 1.64. The maximum absolute atomic E-state index is 12.8. The molecule has 2 aromatic rings. The van der Waals surface area contributed by atoms with Crippen LogP contribution in [0.3, 0.4) is 0 Å². The second-order valence-electron chi connectivity index (χ2n) is 9.79. The van der Waals surface area contributed by atoms with Crippen LogP contribution < -0.4 is 4.90 Å². The van der Waals surface area contributed by atoms with E-state index in [1.165, 1.54) is 11.3 Å². The first-order chi connectivity index (χ1) is 15.3. The van der Waals surface area contributed by atoms with Crippen LogP contribution in [0.25, 0.3) is 0 Å². The normalized spacial score (nSPS) is 19.3. The number of fused-ring (bicyclic) bond motifs is 1. The second-order valence-corrected chi connectivity index (χ2v) is 9.79. The third-order valence-corrected chi connectivity index (χ3v) is 7.14. The van der Waals surface area contributed by atoms with E-state index in [1.54, 1.807) is 0 Å². The van der Waals surface area contributed by atoms with Gasteiger partial charge in [0.2, 0.25) is 5.91 Å². The van der Waals surface area contributed by atoms with Gasteiger partial charge in [-0.1, -0.05) is 13.8 Å². The summed E-state index contributed by atoms with van der Waals surface area (Å²) in [4.78, 5) is 27.2. The Morgan fingerprint density at radius 1 is 1.09 bits per heavy atom. The van der Waals surface area contributed by atoms with E-state index in [-0.39, 0.29) is 11.9 Å². The minimum absolute atomic E-state index is 0.187. The highest BCUT2D eigenvalue weighted by Gasteiger charge is 2.33. The molecule has 1 amide bonds. The summed E-state index contributed by atoms with van der Waals surface area (Å²) < 4.78 is 2.09. The molecule has 2 aliphatic heterocycles. The van der Waals surface area contributed by atoms with Crippen LogP contribution in [-0.2, 0) is 24.3 Å². The van der Waals surface area contributed by atoms with Gasteiger partial charge in [-0.2, -0.15) is 5.10 Å². The van der Waals surface area contributed by atoms with Gasteiger partial charge in [-0.05, 0) is 65.8 Å². The van der Waals surface area contributed by atoms with Gasteiger partial charge < -0.3 is 0 Å². The van der Waals surface area contributed by atoms with Crippen molar-refractivity contribution < 1.29 is 4.79 Å². The molecule has 4 rings (SSSR count). The Hall–Kier alpha value is -2.28. The van der Waals surface area contributed by atoms with E-state index in [9.17, 15) is 4.79 Å². The van der Waals surface area contributed by atoms with Gasteiger partial charge in [0.05, 0.1) is 11.7 Å². The molecule has 1 fully saturated rings. The predicted octanol–water partition coefficient (Wildman–Crippen LogP) is 4.28. The van der Waals surface area contributed by atoms with Crippen LogP contribution in [0.4, 0.5) is 5.82 Å². The summed E-state index contributed by atoms with van der Waals surface area (Å²) in [6.45, 7) is 16.4. The number of anilines is 1. The van der Waals surface area contributed by atoms with Gasteiger partial charge in [0.25, 0.3) is 0 Å². The van der Waals surface area contributed by atoms with E-state index in [4.69, 9.17) is 15.1 Å². The Morgan fingerprint density at radius 2 is 1.88 bits per heavy atom. The van der Waals surface area contributed by atoms with E-state index in [0.717, 1.165) is 80.5 Å². The molecule has 1 unspecified atom stereocenters. The summed E-state index contributed by atoms with van der Waals surface area (Å²) in [5.74, 6) is 2.49. The van der Waals surface area contributed by atoms with Gasteiger partial charge in [-0.25, -0.2) is 9.97 Å². The number of hydrogen-bond acceptors (Lipinski definition) is 5. The van der Waals surface area contributed by atoms with Gasteiger partial charge >= 0.3 is 0 Å². The molecule has 0 aliphatic carbocycles. The molecule has 2 aliphatic rings. The number of aryl methyl sites for hydroxylation is 3. The maximum Gasteiger partial charge on any atom is 0.228 e. The minimum Gasteiger partial charge on any atom is -0.296 e. The van der Waals surface area contributed by atoms with Crippen molar-refractivity contribution in [3.8, 4) is 0 Å². The summed E-state index contributed by atoms with van der Waals surface area (Å²) in [7, 11) is 0. The lowest BCUT2D eigenvalue weighted by molar-refractivity contribution is -0.119. The molecule has 0 bridgehead atoms. The Morgan fingerprint density at radius 3 is 2.56 bits per heavy atom. The number of amides is 1. The monoisotopic (exact) mass is 438 g/mol. The molecule has 2 aromatic heterocycles. The highest BCUT2D eigenvalue weighted by atomic mass is 16.2. The highest BCUT2D eigenvalue weighted by Crippen LogP contribution is 2.36. The molecule has 0 N–H and O–H groups in total. The van der Waals surface area contributed by atoms with E-state index < -0.39 is 0 Å². The third kappa shape index (κ3) is 4.32. The molecule has 0 saturated carbocycles. The van der Waals surface area contributed by atoms with Crippen molar-refractivity contribution in [3.63, 3.8) is 0 Å². The predicted molar refractivity (Wildman–Crippen MR) is 127 cm³/mol. The van der Waals surface area contributed by atoms with Crippen molar-refractivity contribution >= 4 is 11.7 Å². The van der Waals surface area contributed by atoms with Crippen molar-refractivity contribution in [1.29, 1.82) is 0 Å². The fourth-order valence-corrected chi connectivity index (χ4v) is 5.15. The number of aromatic nitrogens is 4. The summed E-state index contributed by atoms with van der Waals surface area (Å²) in [6.07, 6.45) is 4.49. The highest BCUT2D eigenvalue weighted by molar-refractivity contribution is 5.95. The van der Waals surface area contributed by atoms with Crippen molar-refractivity contribution in [2.45, 2.75) is 92.8 Å². The molecule has 1 atom stereocenters. The zero-order valence-corrected chi connectivity index (χ0v) is 20.6. The standard InChI is InChI=1S/C25H38N6O/c1-7-31-19(6)21(18(5)28-31)15-29-13-8-9-22(29)24-26-17(4)20-10-11-23(32)30(25(20)27-24)14-12-16(2)3/h16,22H,7-15H2,1-6H3. The van der Waals surface area contributed by atoms with Crippen LogP contribution in [0, 0.1) is 26.7 Å². The van der Waals surface area contributed by atoms with Crippen LogP contribution in [0.5, 0.6) is 0 Å². The number of rotatable bonds is 7. The minimum atomic E-state index is 0.187. The fourth-order valence-electron chi connectivity index (χ4n) is 5.15. The molecular formula is C25H38N6O. The lowest BCUT2D eigenvalue weighted by Gasteiger charge is -2.31. The van der Waals surface area contributed by atoms with Crippen LogP contribution in [0.1, 0.15) is 86.5 Å². The van der Waals surface area contributed by atoms with Gasteiger partial charge in [0.1, 0.15) is 11.6 Å². The number of carbonyl (C=O) groups excluding carboxylic acids is 1. The molecule has 1 saturated heterocycles. The maximum atomic E-state index is 12.8. The van der Waals surface area contributed by atoms with Crippen molar-refractivity contribution in [3.05, 3.63) is 34.0 Å². The first kappa shape index (κ1) is 22.9. The largest absolute Gasteiger partial charge is 0.296 e. The molecular weight excluding hydrogens is 400 g/mol. The van der Waals surface area contributed by atoms with Crippen molar-refractivity contribution in [2.75, 3.05) is 18.0 Å². The number of hydrogen-bond donors (Lipinski definition) is 0. The fraction of sp³-hybridized carbons (Fsp3) is 0.680. The van der Waals surface area contributed by atoms with Crippen molar-refractivity contribution in [1.82, 2.24) is 24.6 Å². The SMILES string of the molecule is CCn1nc(C)c(CN2CCCC2c2nc(C)c3c(n2)N(CCC(C)C)C(=O)CC3)c1C. The Bertz CT molecular complexity index is 995. The smallest absolute Gasteiger partial charge is 0.228 e. The molecule has 32 heavy (non-hydrogen) atoms. The summed E-state index contributed by atoms with van der Waals surface area (Å²) in [6, 6.07) is 0.187. The van der Waals surface area contributed by atoms with Gasteiger partial charge in [-0.15, -0.1) is 0 Å². The van der Waals surface area contributed by atoms with E-state index in [1.807, 2.05) is 4.90 Å². The average molecular weight is 439 g/mol. The molecule has 0 aromatic carbocycles.